The van der Waals surface area contributed by atoms with E-state index < -0.39 is 5.97 Å². The van der Waals surface area contributed by atoms with Crippen molar-refractivity contribution in [2.75, 3.05) is 0 Å². The van der Waals surface area contributed by atoms with Gasteiger partial charge in [-0.25, -0.2) is 4.79 Å². The summed E-state index contributed by atoms with van der Waals surface area (Å²) in [5.41, 5.74) is 3.35. The molecule has 1 aliphatic rings. The van der Waals surface area contributed by atoms with Crippen molar-refractivity contribution >= 4 is 16.9 Å². The van der Waals surface area contributed by atoms with Gasteiger partial charge in [0.2, 0.25) is 0 Å². The van der Waals surface area contributed by atoms with Gasteiger partial charge in [-0.3, -0.25) is 0 Å². The van der Waals surface area contributed by atoms with E-state index in [4.69, 9.17) is 11.5 Å². The number of carbonyl (C=O) groups is 1. The smallest absolute Gasteiger partial charge is 0.335 e. The molecular weight excluding hydrogens is 250 g/mol. The summed E-state index contributed by atoms with van der Waals surface area (Å²) < 4.78 is 1.95. The number of terminal acetylenes is 1. The zero-order valence-corrected chi connectivity index (χ0v) is 11.5. The van der Waals surface area contributed by atoms with Gasteiger partial charge in [0.25, 0.3) is 0 Å². The molecule has 1 aromatic carbocycles. The zero-order chi connectivity index (χ0) is 14.3. The Morgan fingerprint density at radius 2 is 2.10 bits per heavy atom. The summed E-state index contributed by atoms with van der Waals surface area (Å²) in [6.07, 6.45) is 10.5. The van der Waals surface area contributed by atoms with Crippen molar-refractivity contribution in [3.63, 3.8) is 0 Å². The van der Waals surface area contributed by atoms with E-state index >= 15 is 0 Å². The van der Waals surface area contributed by atoms with Crippen LogP contribution in [-0.2, 0) is 7.05 Å². The number of aromatic carboxylic acids is 1. The van der Waals surface area contributed by atoms with Crippen LogP contribution in [0.2, 0.25) is 0 Å². The molecule has 0 amide bonds. The van der Waals surface area contributed by atoms with Crippen LogP contribution in [0.15, 0.2) is 18.2 Å². The van der Waals surface area contributed by atoms with Crippen LogP contribution in [0.1, 0.15) is 53.2 Å². The number of benzene rings is 1. The molecule has 0 aliphatic heterocycles. The van der Waals surface area contributed by atoms with Gasteiger partial charge >= 0.3 is 5.97 Å². The predicted octanol–water partition coefficient (Wildman–Crippen LogP) is 3.52. The minimum atomic E-state index is -0.905. The van der Waals surface area contributed by atoms with Crippen molar-refractivity contribution in [3.8, 4) is 12.3 Å². The first-order valence-corrected chi connectivity index (χ1v) is 6.95. The average molecular weight is 267 g/mol. The number of rotatable bonds is 2. The molecule has 3 nitrogen and oxygen atoms in total. The van der Waals surface area contributed by atoms with Crippen molar-refractivity contribution in [2.24, 2.45) is 7.05 Å². The summed E-state index contributed by atoms with van der Waals surface area (Å²) in [6.45, 7) is 0. The van der Waals surface area contributed by atoms with E-state index in [2.05, 4.69) is 5.92 Å². The number of aromatic nitrogens is 1. The largest absolute Gasteiger partial charge is 0.478 e. The fourth-order valence-electron chi connectivity index (χ4n) is 3.40. The maximum Gasteiger partial charge on any atom is 0.335 e. The fourth-order valence-corrected chi connectivity index (χ4v) is 3.40. The van der Waals surface area contributed by atoms with Gasteiger partial charge in [0.15, 0.2) is 0 Å². The number of carboxylic acids is 1. The summed E-state index contributed by atoms with van der Waals surface area (Å²) in [5, 5.41) is 10.2. The second-order valence-corrected chi connectivity index (χ2v) is 5.48. The summed E-state index contributed by atoms with van der Waals surface area (Å²) >= 11 is 0. The van der Waals surface area contributed by atoms with Crippen LogP contribution in [0.3, 0.4) is 0 Å². The van der Waals surface area contributed by atoms with Crippen molar-refractivity contribution < 1.29 is 9.90 Å². The molecule has 0 radical (unpaired) electrons. The predicted molar refractivity (Wildman–Crippen MR) is 79.0 cm³/mol. The molecule has 0 saturated heterocycles. The second kappa shape index (κ2) is 4.72. The molecule has 1 heterocycles. The quantitative estimate of drug-likeness (QED) is 0.846. The maximum atomic E-state index is 11.1. The Morgan fingerprint density at radius 1 is 1.40 bits per heavy atom. The summed E-state index contributed by atoms with van der Waals surface area (Å²) in [4.78, 5) is 11.1. The van der Waals surface area contributed by atoms with Crippen LogP contribution in [0.5, 0.6) is 0 Å². The number of fused-ring (bicyclic) bond motifs is 1. The van der Waals surface area contributed by atoms with E-state index in [1.807, 2.05) is 17.7 Å². The Labute approximate surface area is 118 Å². The number of nitrogens with zero attached hydrogens (tertiary/aromatic N) is 1. The lowest BCUT2D eigenvalue weighted by Crippen LogP contribution is -1.98. The second-order valence-electron chi connectivity index (χ2n) is 5.48. The maximum absolute atomic E-state index is 11.1. The van der Waals surface area contributed by atoms with Gasteiger partial charge in [-0.15, -0.1) is 6.42 Å². The highest BCUT2D eigenvalue weighted by Crippen LogP contribution is 2.40. The van der Waals surface area contributed by atoms with Crippen LogP contribution < -0.4 is 0 Å². The molecule has 102 valence electrons. The molecule has 1 aromatic heterocycles. The highest BCUT2D eigenvalue weighted by molar-refractivity contribution is 5.95. The molecular formula is C17H17NO2. The van der Waals surface area contributed by atoms with Gasteiger partial charge in [-0.05, 0) is 36.5 Å². The first-order valence-electron chi connectivity index (χ1n) is 6.95. The number of hydrogen-bond acceptors (Lipinski definition) is 1. The fraction of sp³-hybridized carbons (Fsp3) is 0.353. The van der Waals surface area contributed by atoms with Gasteiger partial charge in [0, 0.05) is 18.0 Å². The van der Waals surface area contributed by atoms with Crippen LogP contribution in [0.4, 0.5) is 0 Å². The Morgan fingerprint density at radius 3 is 2.70 bits per heavy atom. The van der Waals surface area contributed by atoms with E-state index in [1.54, 1.807) is 12.1 Å². The number of hydrogen-bond donors (Lipinski definition) is 1. The van der Waals surface area contributed by atoms with E-state index in [0.717, 1.165) is 16.6 Å². The number of aryl methyl sites for hydroxylation is 1. The molecule has 3 heteroatoms. The van der Waals surface area contributed by atoms with Crippen molar-refractivity contribution in [2.45, 2.75) is 31.6 Å². The van der Waals surface area contributed by atoms with Crippen LogP contribution >= 0.6 is 0 Å². The van der Waals surface area contributed by atoms with Crippen LogP contribution in [0.25, 0.3) is 10.9 Å². The SMILES string of the molecule is C#Cc1c(C2CCCC2)c2ccc(C(=O)O)cc2n1C. The molecule has 3 rings (SSSR count). The van der Waals surface area contributed by atoms with Gasteiger partial charge in [0.05, 0.1) is 11.3 Å². The molecule has 1 N–H and O–H groups in total. The topological polar surface area (TPSA) is 42.2 Å². The third-order valence-corrected chi connectivity index (χ3v) is 4.39. The van der Waals surface area contributed by atoms with Crippen molar-refractivity contribution in [3.05, 3.63) is 35.0 Å². The third kappa shape index (κ3) is 1.80. The third-order valence-electron chi connectivity index (χ3n) is 4.39. The Hall–Kier alpha value is -2.21. The Bertz CT molecular complexity index is 728. The van der Waals surface area contributed by atoms with Gasteiger partial charge in [-0.1, -0.05) is 24.8 Å². The molecule has 0 unspecified atom stereocenters. The molecule has 1 aliphatic carbocycles. The van der Waals surface area contributed by atoms with E-state index in [1.165, 1.54) is 31.2 Å². The lowest BCUT2D eigenvalue weighted by molar-refractivity contribution is 0.0697. The standard InChI is InChI=1S/C17H17NO2/c1-3-14-16(11-6-4-5-7-11)13-9-8-12(17(19)20)10-15(13)18(14)2/h1,8-11H,4-7H2,2H3,(H,19,20). The lowest BCUT2D eigenvalue weighted by atomic mass is 9.94. The molecule has 20 heavy (non-hydrogen) atoms. The summed E-state index contributed by atoms with van der Waals surface area (Å²) in [5.74, 6) is 2.40. The van der Waals surface area contributed by atoms with E-state index in [-0.39, 0.29) is 0 Å². The first kappa shape index (κ1) is 12.8. The summed E-state index contributed by atoms with van der Waals surface area (Å²) in [6, 6.07) is 5.30. The molecule has 1 fully saturated rings. The molecule has 0 atom stereocenters. The lowest BCUT2D eigenvalue weighted by Gasteiger charge is -2.09. The van der Waals surface area contributed by atoms with E-state index in [9.17, 15) is 4.79 Å². The molecule has 1 saturated carbocycles. The van der Waals surface area contributed by atoms with E-state index in [0.29, 0.717) is 11.5 Å². The minimum Gasteiger partial charge on any atom is -0.478 e. The average Bonchev–Trinajstić information content (AvgIpc) is 3.04. The van der Waals surface area contributed by atoms with Gasteiger partial charge < -0.3 is 9.67 Å². The molecule has 0 spiro atoms. The molecule has 2 aromatic rings. The number of carboxylic acid groups (broad SMARTS) is 1. The van der Waals surface area contributed by atoms with Crippen LogP contribution in [0, 0.1) is 12.3 Å². The monoisotopic (exact) mass is 267 g/mol. The van der Waals surface area contributed by atoms with Crippen molar-refractivity contribution in [1.82, 2.24) is 4.57 Å². The minimum absolute atomic E-state index is 0.305. The molecule has 0 bridgehead atoms. The van der Waals surface area contributed by atoms with Crippen LogP contribution in [-0.4, -0.2) is 15.6 Å². The zero-order valence-electron chi connectivity index (χ0n) is 11.5. The first-order chi connectivity index (χ1) is 9.63. The normalized spacial score (nSPS) is 15.6. The highest BCUT2D eigenvalue weighted by Gasteiger charge is 2.25. The van der Waals surface area contributed by atoms with Gasteiger partial charge in [-0.2, -0.15) is 0 Å². The Balaban J connectivity index is 2.28. The highest BCUT2D eigenvalue weighted by atomic mass is 16.4. The van der Waals surface area contributed by atoms with Gasteiger partial charge in [0.1, 0.15) is 0 Å². The summed E-state index contributed by atoms with van der Waals surface area (Å²) in [7, 11) is 1.92. The Kier molecular flexibility index (Phi) is 3.02. The van der Waals surface area contributed by atoms with Crippen molar-refractivity contribution in [1.29, 1.82) is 0 Å².